The average Bonchev–Trinajstić information content (AvgIpc) is 3.33. The van der Waals surface area contributed by atoms with Crippen molar-refractivity contribution >= 4 is 5.69 Å². The second-order valence-corrected chi connectivity index (χ2v) is 9.36. The fraction of sp³-hybridized carbons (Fsp3) is 0.357. The zero-order chi connectivity index (χ0) is 24.7. The molecule has 5 rings (SSSR count). The van der Waals surface area contributed by atoms with Crippen molar-refractivity contribution in [1.29, 1.82) is 0 Å². The quantitative estimate of drug-likeness (QED) is 0.375. The molecule has 0 saturated heterocycles. The van der Waals surface area contributed by atoms with Crippen LogP contribution in [0.3, 0.4) is 0 Å². The van der Waals surface area contributed by atoms with E-state index in [-0.39, 0.29) is 0 Å². The third kappa shape index (κ3) is 4.38. The monoisotopic (exact) mass is 471 g/mol. The van der Waals surface area contributed by atoms with E-state index >= 15 is 0 Å². The minimum atomic E-state index is 0.416. The molecule has 0 unspecified atom stereocenters. The summed E-state index contributed by atoms with van der Waals surface area (Å²) in [5.41, 5.74) is 10.3. The first-order chi connectivity index (χ1) is 16.8. The van der Waals surface area contributed by atoms with Crippen LogP contribution in [0, 0.1) is 13.8 Å². The van der Waals surface area contributed by atoms with Crippen LogP contribution in [0.15, 0.2) is 42.5 Å². The molecule has 0 aliphatic carbocycles. The third-order valence-corrected chi connectivity index (χ3v) is 6.70. The summed E-state index contributed by atoms with van der Waals surface area (Å²) in [7, 11) is 6.05. The standard InChI is InChI=1S/C28H33N5O2/c1-7-20-9-8-10-24-25-14-27(35-17-23-12-19(3)30-33(23)6)26(13-21(25)15-31(4)28(20)24)34-16-22-11-18(2)29-32(22)5/h8-14H,7,15-17H2,1-6H3. The number of hydrogen-bond donors (Lipinski definition) is 0. The van der Waals surface area contributed by atoms with Crippen molar-refractivity contribution in [2.24, 2.45) is 14.1 Å². The second-order valence-electron chi connectivity index (χ2n) is 9.36. The van der Waals surface area contributed by atoms with Gasteiger partial charge in [-0.05, 0) is 61.2 Å². The normalized spacial score (nSPS) is 12.5. The van der Waals surface area contributed by atoms with Gasteiger partial charge in [-0.2, -0.15) is 10.2 Å². The Labute approximate surface area is 206 Å². The Morgan fingerprint density at radius 3 is 1.94 bits per heavy atom. The smallest absolute Gasteiger partial charge is 0.162 e. The molecular formula is C28H33N5O2. The van der Waals surface area contributed by atoms with Gasteiger partial charge in [-0.25, -0.2) is 0 Å². The van der Waals surface area contributed by atoms with E-state index in [0.717, 1.165) is 47.2 Å². The number of hydrogen-bond acceptors (Lipinski definition) is 5. The van der Waals surface area contributed by atoms with Crippen LogP contribution in [-0.2, 0) is 40.3 Å². The molecule has 2 aromatic heterocycles. The van der Waals surface area contributed by atoms with Crippen molar-refractivity contribution in [3.63, 3.8) is 0 Å². The maximum atomic E-state index is 6.38. The highest BCUT2D eigenvalue weighted by molar-refractivity contribution is 5.86. The Hall–Kier alpha value is -3.74. The number of fused-ring (bicyclic) bond motifs is 3. The molecule has 0 saturated carbocycles. The molecule has 0 radical (unpaired) electrons. The summed E-state index contributed by atoms with van der Waals surface area (Å²) in [6, 6.07) is 15.0. The van der Waals surface area contributed by atoms with Crippen molar-refractivity contribution < 1.29 is 9.47 Å². The van der Waals surface area contributed by atoms with Gasteiger partial charge >= 0.3 is 0 Å². The number of para-hydroxylation sites is 1. The van der Waals surface area contributed by atoms with E-state index < -0.39 is 0 Å². The summed E-state index contributed by atoms with van der Waals surface area (Å²) >= 11 is 0. The van der Waals surface area contributed by atoms with Crippen LogP contribution < -0.4 is 14.4 Å². The summed E-state index contributed by atoms with van der Waals surface area (Å²) in [4.78, 5) is 2.34. The first-order valence-corrected chi connectivity index (χ1v) is 12.1. The number of benzene rings is 2. The molecule has 7 heteroatoms. The van der Waals surface area contributed by atoms with Crippen LogP contribution >= 0.6 is 0 Å². The lowest BCUT2D eigenvalue weighted by Crippen LogP contribution is -2.23. The van der Waals surface area contributed by atoms with Crippen LogP contribution in [0.1, 0.15) is 40.8 Å². The van der Waals surface area contributed by atoms with E-state index in [0.29, 0.717) is 13.2 Å². The fourth-order valence-corrected chi connectivity index (χ4v) is 4.99. The van der Waals surface area contributed by atoms with Gasteiger partial charge in [-0.15, -0.1) is 0 Å². The molecule has 0 N–H and O–H groups in total. The van der Waals surface area contributed by atoms with Crippen molar-refractivity contribution in [3.05, 3.63) is 76.4 Å². The number of rotatable bonds is 7. The summed E-state index contributed by atoms with van der Waals surface area (Å²) < 4.78 is 16.5. The average molecular weight is 472 g/mol. The maximum absolute atomic E-state index is 6.38. The van der Waals surface area contributed by atoms with E-state index in [1.807, 2.05) is 43.4 Å². The second kappa shape index (κ2) is 9.13. The molecular weight excluding hydrogens is 438 g/mol. The van der Waals surface area contributed by atoms with Crippen molar-refractivity contribution in [3.8, 4) is 22.6 Å². The summed E-state index contributed by atoms with van der Waals surface area (Å²) in [5.74, 6) is 1.48. The number of anilines is 1. The lowest BCUT2D eigenvalue weighted by molar-refractivity contribution is 0.246. The Morgan fingerprint density at radius 2 is 1.40 bits per heavy atom. The number of nitrogens with zero attached hydrogens (tertiary/aromatic N) is 5. The number of aryl methyl sites for hydroxylation is 5. The van der Waals surface area contributed by atoms with Crippen molar-refractivity contribution in [1.82, 2.24) is 19.6 Å². The molecule has 0 fully saturated rings. The highest BCUT2D eigenvalue weighted by Crippen LogP contribution is 2.45. The minimum Gasteiger partial charge on any atom is -0.483 e. The molecule has 3 heterocycles. The molecule has 1 aliphatic rings. The predicted octanol–water partition coefficient (Wildman–Crippen LogP) is 5.11. The Bertz CT molecular complexity index is 1380. The Morgan fingerprint density at radius 1 is 0.800 bits per heavy atom. The Balaban J connectivity index is 1.54. The molecule has 182 valence electrons. The van der Waals surface area contributed by atoms with Crippen LogP contribution in [0.5, 0.6) is 11.5 Å². The largest absolute Gasteiger partial charge is 0.483 e. The fourth-order valence-electron chi connectivity index (χ4n) is 4.99. The molecule has 1 aliphatic heterocycles. The third-order valence-electron chi connectivity index (χ3n) is 6.70. The first-order valence-electron chi connectivity index (χ1n) is 12.1. The van der Waals surface area contributed by atoms with Gasteiger partial charge in [-0.1, -0.05) is 25.1 Å². The van der Waals surface area contributed by atoms with Crippen LogP contribution in [0.4, 0.5) is 5.69 Å². The van der Waals surface area contributed by atoms with Gasteiger partial charge < -0.3 is 14.4 Å². The van der Waals surface area contributed by atoms with Gasteiger partial charge in [-0.3, -0.25) is 9.36 Å². The SMILES string of the molecule is CCc1cccc2c1N(C)Cc1cc(OCc3cc(C)nn3C)c(OCc3cc(C)nn3C)cc1-2. The van der Waals surface area contributed by atoms with E-state index in [2.05, 4.69) is 65.5 Å². The molecule has 0 amide bonds. The summed E-state index contributed by atoms with van der Waals surface area (Å²) in [6.45, 7) is 7.85. The molecule has 7 nitrogen and oxygen atoms in total. The predicted molar refractivity (Wildman–Crippen MR) is 138 cm³/mol. The molecule has 35 heavy (non-hydrogen) atoms. The van der Waals surface area contributed by atoms with Gasteiger partial charge in [0.1, 0.15) is 13.2 Å². The lowest BCUT2D eigenvalue weighted by Gasteiger charge is -2.32. The van der Waals surface area contributed by atoms with E-state index in [9.17, 15) is 0 Å². The van der Waals surface area contributed by atoms with Gasteiger partial charge in [0.15, 0.2) is 11.5 Å². The molecule has 0 spiro atoms. The van der Waals surface area contributed by atoms with Crippen LogP contribution in [0.2, 0.25) is 0 Å². The molecule has 0 atom stereocenters. The topological polar surface area (TPSA) is 57.3 Å². The van der Waals surface area contributed by atoms with E-state index in [4.69, 9.17) is 9.47 Å². The van der Waals surface area contributed by atoms with Gasteiger partial charge in [0.05, 0.1) is 22.8 Å². The zero-order valence-corrected chi connectivity index (χ0v) is 21.4. The van der Waals surface area contributed by atoms with Gasteiger partial charge in [0, 0.05) is 38.9 Å². The van der Waals surface area contributed by atoms with Crippen molar-refractivity contribution in [2.45, 2.75) is 47.0 Å². The molecule has 0 bridgehead atoms. The van der Waals surface area contributed by atoms with Crippen LogP contribution in [0.25, 0.3) is 11.1 Å². The van der Waals surface area contributed by atoms with E-state index in [1.165, 1.54) is 27.9 Å². The molecule has 4 aromatic rings. The van der Waals surface area contributed by atoms with Gasteiger partial charge in [0.25, 0.3) is 0 Å². The van der Waals surface area contributed by atoms with Crippen LogP contribution in [-0.4, -0.2) is 26.6 Å². The van der Waals surface area contributed by atoms with Gasteiger partial charge in [0.2, 0.25) is 0 Å². The van der Waals surface area contributed by atoms with Crippen molar-refractivity contribution in [2.75, 3.05) is 11.9 Å². The minimum absolute atomic E-state index is 0.416. The number of aromatic nitrogens is 4. The number of ether oxygens (including phenoxy) is 2. The zero-order valence-electron chi connectivity index (χ0n) is 21.4. The highest BCUT2D eigenvalue weighted by Gasteiger charge is 2.25. The summed E-state index contributed by atoms with van der Waals surface area (Å²) in [6.07, 6.45) is 0.997. The van der Waals surface area contributed by atoms with E-state index in [1.54, 1.807) is 0 Å². The molecule has 2 aromatic carbocycles. The lowest BCUT2D eigenvalue weighted by atomic mass is 9.90. The highest BCUT2D eigenvalue weighted by atomic mass is 16.5. The maximum Gasteiger partial charge on any atom is 0.162 e. The Kier molecular flexibility index (Phi) is 6.01. The summed E-state index contributed by atoms with van der Waals surface area (Å²) in [5, 5.41) is 8.90. The first kappa shape index (κ1) is 23.0.